The summed E-state index contributed by atoms with van der Waals surface area (Å²) in [5, 5.41) is 0. The topological polar surface area (TPSA) is 90.7 Å². The summed E-state index contributed by atoms with van der Waals surface area (Å²) in [6, 6.07) is 1.83. The summed E-state index contributed by atoms with van der Waals surface area (Å²) in [4.78, 5) is 17.6. The molecule has 21 heavy (non-hydrogen) atoms. The number of fused-ring (bicyclic) bond motifs is 1. The van der Waals surface area contributed by atoms with E-state index in [1.165, 1.54) is 4.57 Å². The molecule has 2 aromatic heterocycles. The Balaban J connectivity index is 1.83. The van der Waals surface area contributed by atoms with Crippen LogP contribution in [0.2, 0.25) is 0 Å². The minimum absolute atomic E-state index is 0.0781. The predicted octanol–water partition coefficient (Wildman–Crippen LogP) is 0.0914. The summed E-state index contributed by atoms with van der Waals surface area (Å²) in [5.41, 5.74) is 1.38. The fourth-order valence-electron chi connectivity index (χ4n) is 2.07. The smallest absolute Gasteiger partial charge is 0.309 e. The number of thiazole rings is 1. The summed E-state index contributed by atoms with van der Waals surface area (Å²) in [6.45, 7) is 0.483. The lowest BCUT2D eigenvalue weighted by molar-refractivity contribution is -0.0267. The number of anilines is 1. The van der Waals surface area contributed by atoms with Crippen molar-refractivity contribution in [2.24, 2.45) is 7.05 Å². The van der Waals surface area contributed by atoms with Gasteiger partial charge in [0.1, 0.15) is 6.73 Å². The first kappa shape index (κ1) is 14.4. The molecule has 0 spiro atoms. The van der Waals surface area contributed by atoms with Crippen LogP contribution in [-0.2, 0) is 26.1 Å². The largest absolute Gasteiger partial charge is 0.342 e. The highest BCUT2D eigenvalue weighted by Gasteiger charge is 2.27. The SMILES string of the molecule is Cn1c(=O)sc2cc(N3COC(OS(C)(=O)=O)C3)cnc21. The molecule has 1 aliphatic heterocycles. The Hall–Kier alpha value is -1.49. The Morgan fingerprint density at radius 1 is 1.52 bits per heavy atom. The summed E-state index contributed by atoms with van der Waals surface area (Å²) in [5.74, 6) is 0. The molecule has 8 nitrogen and oxygen atoms in total. The molecule has 0 bridgehead atoms. The summed E-state index contributed by atoms with van der Waals surface area (Å²) in [7, 11) is -1.89. The van der Waals surface area contributed by atoms with Gasteiger partial charge in [0.25, 0.3) is 10.1 Å². The van der Waals surface area contributed by atoms with Gasteiger partial charge >= 0.3 is 4.87 Å². The van der Waals surface area contributed by atoms with Gasteiger partial charge < -0.3 is 9.64 Å². The van der Waals surface area contributed by atoms with Gasteiger partial charge in [0.05, 0.1) is 29.4 Å². The first-order valence-electron chi connectivity index (χ1n) is 6.04. The molecule has 0 radical (unpaired) electrons. The number of hydrogen-bond donors (Lipinski definition) is 0. The maximum atomic E-state index is 11.6. The van der Waals surface area contributed by atoms with Gasteiger partial charge in [0.15, 0.2) is 11.9 Å². The van der Waals surface area contributed by atoms with Crippen molar-refractivity contribution in [3.63, 3.8) is 0 Å². The molecule has 0 N–H and O–H groups in total. The van der Waals surface area contributed by atoms with Crippen LogP contribution >= 0.6 is 11.3 Å². The molecular formula is C11H13N3O5S2. The fraction of sp³-hybridized carbons (Fsp3) is 0.455. The Morgan fingerprint density at radius 3 is 3.00 bits per heavy atom. The van der Waals surface area contributed by atoms with Crippen LogP contribution in [-0.4, -0.2) is 43.8 Å². The van der Waals surface area contributed by atoms with Crippen LogP contribution in [0.25, 0.3) is 10.3 Å². The van der Waals surface area contributed by atoms with E-state index in [0.717, 1.165) is 28.0 Å². The summed E-state index contributed by atoms with van der Waals surface area (Å²) >= 11 is 1.11. The molecule has 1 aliphatic rings. The molecule has 1 saturated heterocycles. The highest BCUT2D eigenvalue weighted by Crippen LogP contribution is 2.24. The van der Waals surface area contributed by atoms with E-state index < -0.39 is 16.4 Å². The van der Waals surface area contributed by atoms with Crippen molar-refractivity contribution in [2.75, 3.05) is 24.4 Å². The molecule has 114 valence electrons. The normalized spacial score (nSPS) is 19.5. The van der Waals surface area contributed by atoms with Crippen LogP contribution in [0.4, 0.5) is 5.69 Å². The van der Waals surface area contributed by atoms with Gasteiger partial charge in [-0.25, -0.2) is 9.17 Å². The zero-order chi connectivity index (χ0) is 15.2. The minimum atomic E-state index is -3.56. The van der Waals surface area contributed by atoms with Crippen molar-refractivity contribution in [3.8, 4) is 0 Å². The van der Waals surface area contributed by atoms with E-state index in [1.54, 1.807) is 18.1 Å². The lowest BCUT2D eigenvalue weighted by Gasteiger charge is -2.15. The van der Waals surface area contributed by atoms with E-state index in [2.05, 4.69) is 4.98 Å². The average Bonchev–Trinajstić information content (AvgIpc) is 2.93. The maximum absolute atomic E-state index is 11.6. The van der Waals surface area contributed by atoms with Crippen LogP contribution in [0, 0.1) is 0 Å². The van der Waals surface area contributed by atoms with Gasteiger partial charge in [0.2, 0.25) is 0 Å². The Labute approximate surface area is 124 Å². The van der Waals surface area contributed by atoms with Gasteiger partial charge in [-0.2, -0.15) is 8.42 Å². The van der Waals surface area contributed by atoms with Crippen molar-refractivity contribution in [3.05, 3.63) is 21.9 Å². The molecule has 0 aliphatic carbocycles. The van der Waals surface area contributed by atoms with Gasteiger partial charge in [0, 0.05) is 7.05 Å². The van der Waals surface area contributed by atoms with Crippen molar-refractivity contribution >= 4 is 37.5 Å². The maximum Gasteiger partial charge on any atom is 0.309 e. The third-order valence-electron chi connectivity index (χ3n) is 3.04. The van der Waals surface area contributed by atoms with Gasteiger partial charge in [-0.15, -0.1) is 0 Å². The Morgan fingerprint density at radius 2 is 2.29 bits per heavy atom. The van der Waals surface area contributed by atoms with Gasteiger partial charge in [-0.3, -0.25) is 9.36 Å². The van der Waals surface area contributed by atoms with E-state index in [4.69, 9.17) is 8.92 Å². The highest BCUT2D eigenvalue weighted by atomic mass is 32.2. The first-order chi connectivity index (χ1) is 9.83. The third kappa shape index (κ3) is 2.93. The number of hydrogen-bond acceptors (Lipinski definition) is 8. The van der Waals surface area contributed by atoms with Crippen LogP contribution in [0.15, 0.2) is 17.1 Å². The molecule has 1 fully saturated rings. The lowest BCUT2D eigenvalue weighted by Crippen LogP contribution is -2.24. The van der Waals surface area contributed by atoms with Gasteiger partial charge in [-0.05, 0) is 6.07 Å². The lowest BCUT2D eigenvalue weighted by atomic mass is 10.3. The van der Waals surface area contributed by atoms with Crippen molar-refractivity contribution in [2.45, 2.75) is 6.29 Å². The number of nitrogens with zero attached hydrogens (tertiary/aromatic N) is 3. The van der Waals surface area contributed by atoms with E-state index in [9.17, 15) is 13.2 Å². The van der Waals surface area contributed by atoms with Crippen LogP contribution < -0.4 is 9.77 Å². The summed E-state index contributed by atoms with van der Waals surface area (Å²) < 4.78 is 34.5. The fourth-order valence-corrected chi connectivity index (χ4v) is 3.45. The van der Waals surface area contributed by atoms with Crippen molar-refractivity contribution in [1.82, 2.24) is 9.55 Å². The van der Waals surface area contributed by atoms with E-state index in [1.807, 2.05) is 6.07 Å². The van der Waals surface area contributed by atoms with Gasteiger partial charge in [-0.1, -0.05) is 11.3 Å². The number of rotatable bonds is 3. The second-order valence-corrected chi connectivity index (χ2v) is 7.28. The molecule has 3 heterocycles. The Bertz CT molecular complexity index is 841. The quantitative estimate of drug-likeness (QED) is 0.736. The zero-order valence-electron chi connectivity index (χ0n) is 11.3. The molecule has 1 unspecified atom stereocenters. The molecule has 0 aromatic carbocycles. The first-order valence-corrected chi connectivity index (χ1v) is 8.67. The van der Waals surface area contributed by atoms with E-state index in [-0.39, 0.29) is 18.1 Å². The monoisotopic (exact) mass is 331 g/mol. The molecule has 10 heteroatoms. The molecule has 3 rings (SSSR count). The average molecular weight is 331 g/mol. The third-order valence-corrected chi connectivity index (χ3v) is 4.57. The van der Waals surface area contributed by atoms with E-state index >= 15 is 0 Å². The van der Waals surface area contributed by atoms with E-state index in [0.29, 0.717) is 5.65 Å². The number of aromatic nitrogens is 2. The number of pyridine rings is 1. The standard InChI is InChI=1S/C11H13N3O5S2/c1-13-10-8(20-11(13)15)3-7(4-12-10)14-5-9(18-6-14)19-21(2,16)17/h3-4,9H,5-6H2,1-2H3. The Kier molecular flexibility index (Phi) is 3.48. The molecule has 2 aromatic rings. The van der Waals surface area contributed by atoms with Crippen molar-refractivity contribution < 1.29 is 17.3 Å². The predicted molar refractivity (Wildman–Crippen MR) is 77.9 cm³/mol. The molecule has 0 amide bonds. The van der Waals surface area contributed by atoms with Crippen LogP contribution in [0.3, 0.4) is 0 Å². The van der Waals surface area contributed by atoms with Crippen molar-refractivity contribution in [1.29, 1.82) is 0 Å². The molecule has 0 saturated carbocycles. The van der Waals surface area contributed by atoms with Crippen LogP contribution in [0.5, 0.6) is 0 Å². The number of aryl methyl sites for hydroxylation is 1. The summed E-state index contributed by atoms with van der Waals surface area (Å²) in [6.07, 6.45) is 1.78. The highest BCUT2D eigenvalue weighted by molar-refractivity contribution is 7.86. The molecular weight excluding hydrogens is 318 g/mol. The second-order valence-electron chi connectivity index (χ2n) is 4.69. The second kappa shape index (κ2) is 5.05. The zero-order valence-corrected chi connectivity index (χ0v) is 13.0. The van der Waals surface area contributed by atoms with Crippen LogP contribution in [0.1, 0.15) is 0 Å². The minimum Gasteiger partial charge on any atom is -0.342 e. The number of ether oxygens (including phenoxy) is 1. The molecule has 1 atom stereocenters.